The van der Waals surface area contributed by atoms with Gasteiger partial charge in [0.25, 0.3) is 0 Å². The number of fused-ring (bicyclic) bond motifs is 1. The van der Waals surface area contributed by atoms with E-state index in [4.69, 9.17) is 10.5 Å². The van der Waals surface area contributed by atoms with Crippen LogP contribution in [0.25, 0.3) is 0 Å². The Balaban J connectivity index is 1.82. The van der Waals surface area contributed by atoms with Gasteiger partial charge in [-0.15, -0.1) is 0 Å². The van der Waals surface area contributed by atoms with Gasteiger partial charge in [-0.2, -0.15) is 0 Å². The molecule has 0 aromatic rings. The van der Waals surface area contributed by atoms with Crippen molar-refractivity contribution in [3.05, 3.63) is 35.5 Å². The maximum absolute atomic E-state index is 10.2. The van der Waals surface area contributed by atoms with E-state index in [0.29, 0.717) is 30.6 Å². The van der Waals surface area contributed by atoms with Crippen molar-refractivity contribution in [2.45, 2.75) is 110 Å². The Morgan fingerprint density at radius 2 is 2.03 bits per heavy atom. The van der Waals surface area contributed by atoms with Crippen LogP contribution in [0.15, 0.2) is 35.5 Å². The summed E-state index contributed by atoms with van der Waals surface area (Å²) in [5.74, 6) is 8.09. The lowest BCUT2D eigenvalue weighted by Crippen LogP contribution is -2.40. The van der Waals surface area contributed by atoms with Gasteiger partial charge < -0.3 is 20.7 Å². The van der Waals surface area contributed by atoms with Gasteiger partial charge in [0.15, 0.2) is 0 Å². The van der Waals surface area contributed by atoms with E-state index in [2.05, 4.69) is 51.3 Å². The summed E-state index contributed by atoms with van der Waals surface area (Å²) in [6, 6.07) is 0. The first-order valence-electron chi connectivity index (χ1n) is 13.3. The fourth-order valence-electron chi connectivity index (χ4n) is 6.65. The molecule has 3 rings (SSSR count). The highest BCUT2D eigenvalue weighted by Gasteiger charge is 2.51. The van der Waals surface area contributed by atoms with Gasteiger partial charge >= 0.3 is 0 Å². The summed E-state index contributed by atoms with van der Waals surface area (Å²) in [4.78, 5) is 0. The molecule has 4 nitrogen and oxygen atoms in total. The van der Waals surface area contributed by atoms with Crippen molar-refractivity contribution >= 4 is 0 Å². The second kappa shape index (κ2) is 11.1. The molecule has 0 saturated heterocycles. The predicted molar refractivity (Wildman–Crippen MR) is 140 cm³/mol. The molecular formula is C30H47NO3. The topological polar surface area (TPSA) is 75.7 Å². The zero-order valence-electron chi connectivity index (χ0n) is 22.1. The van der Waals surface area contributed by atoms with Gasteiger partial charge in [0, 0.05) is 13.0 Å². The summed E-state index contributed by atoms with van der Waals surface area (Å²) in [7, 11) is 0. The van der Waals surface area contributed by atoms with Gasteiger partial charge in [-0.1, -0.05) is 56.9 Å². The molecular weight excluding hydrogens is 422 g/mol. The van der Waals surface area contributed by atoms with Crippen molar-refractivity contribution in [2.24, 2.45) is 28.9 Å². The number of aliphatic hydroxyl groups is 2. The number of ether oxygens (including phenoxy) is 1. The molecule has 4 N–H and O–H groups in total. The van der Waals surface area contributed by atoms with Crippen molar-refractivity contribution in [1.29, 1.82) is 0 Å². The molecule has 0 amide bonds. The average molecular weight is 470 g/mol. The van der Waals surface area contributed by atoms with Crippen LogP contribution in [0.3, 0.4) is 0 Å². The van der Waals surface area contributed by atoms with E-state index in [1.54, 1.807) is 0 Å². The van der Waals surface area contributed by atoms with Gasteiger partial charge in [-0.05, 0) is 93.1 Å². The van der Waals surface area contributed by atoms with E-state index in [0.717, 1.165) is 30.6 Å². The summed E-state index contributed by atoms with van der Waals surface area (Å²) in [5.41, 5.74) is 9.13. The summed E-state index contributed by atoms with van der Waals surface area (Å²) >= 11 is 0. The van der Waals surface area contributed by atoms with Crippen LogP contribution in [0.5, 0.6) is 0 Å². The highest BCUT2D eigenvalue weighted by Crippen LogP contribution is 2.60. The third-order valence-corrected chi connectivity index (χ3v) is 8.45. The van der Waals surface area contributed by atoms with Crippen molar-refractivity contribution in [2.75, 3.05) is 6.61 Å². The molecule has 3 fully saturated rings. The molecule has 0 aromatic carbocycles. The predicted octanol–water partition coefficient (Wildman–Crippen LogP) is 5.30. The van der Waals surface area contributed by atoms with Crippen molar-refractivity contribution in [3.63, 3.8) is 0 Å². The summed E-state index contributed by atoms with van der Waals surface area (Å²) in [6.07, 6.45) is 11.1. The van der Waals surface area contributed by atoms with Crippen LogP contribution in [0.1, 0.15) is 86.0 Å². The second-order valence-corrected chi connectivity index (χ2v) is 11.8. The Hall–Kier alpha value is -1.38. The number of rotatable bonds is 6. The minimum absolute atomic E-state index is 0.0895. The number of hydrogen-bond acceptors (Lipinski definition) is 4. The van der Waals surface area contributed by atoms with Crippen LogP contribution in [-0.4, -0.2) is 40.7 Å². The van der Waals surface area contributed by atoms with Crippen molar-refractivity contribution < 1.29 is 14.9 Å². The summed E-state index contributed by atoms with van der Waals surface area (Å²) < 4.78 is 6.26. The Kier molecular flexibility index (Phi) is 8.90. The maximum atomic E-state index is 10.2. The van der Waals surface area contributed by atoms with E-state index in [1.807, 2.05) is 13.8 Å². The lowest BCUT2D eigenvalue weighted by molar-refractivity contribution is 0.000560. The molecule has 0 spiro atoms. The highest BCUT2D eigenvalue weighted by molar-refractivity contribution is 5.38. The smallest absolute Gasteiger partial charge is 0.121 e. The molecule has 0 bridgehead atoms. The third-order valence-electron chi connectivity index (χ3n) is 8.45. The monoisotopic (exact) mass is 469 g/mol. The van der Waals surface area contributed by atoms with Gasteiger partial charge in [-0.3, -0.25) is 0 Å². The van der Waals surface area contributed by atoms with Gasteiger partial charge in [0.05, 0.1) is 17.7 Å². The normalized spacial score (nSPS) is 36.2. The number of nitrogens with two attached hydrogens (primary N) is 1. The minimum Gasteiger partial charge on any atom is -0.393 e. The molecule has 0 heterocycles. The fourth-order valence-corrected chi connectivity index (χ4v) is 6.65. The Labute approximate surface area is 207 Å². The van der Waals surface area contributed by atoms with Crippen LogP contribution >= 0.6 is 0 Å². The van der Waals surface area contributed by atoms with Gasteiger partial charge in [0.2, 0.25) is 0 Å². The van der Waals surface area contributed by atoms with E-state index in [-0.39, 0.29) is 11.5 Å². The summed E-state index contributed by atoms with van der Waals surface area (Å²) in [5, 5.41) is 20.3. The molecule has 0 aromatic heterocycles. The van der Waals surface area contributed by atoms with Crippen LogP contribution in [0, 0.1) is 35.0 Å². The molecule has 190 valence electrons. The molecule has 1 unspecified atom stereocenters. The zero-order chi connectivity index (χ0) is 25.1. The number of allylic oxidation sites excluding steroid dienone is 3. The van der Waals surface area contributed by atoms with E-state index in [9.17, 15) is 10.2 Å². The van der Waals surface area contributed by atoms with E-state index in [1.165, 1.54) is 31.3 Å². The third kappa shape index (κ3) is 6.24. The Morgan fingerprint density at radius 3 is 2.71 bits per heavy atom. The lowest BCUT2D eigenvalue weighted by atomic mass is 9.60. The van der Waals surface area contributed by atoms with Crippen LogP contribution in [0.2, 0.25) is 0 Å². The molecule has 7 atom stereocenters. The lowest BCUT2D eigenvalue weighted by Gasteiger charge is -2.45. The van der Waals surface area contributed by atoms with Gasteiger partial charge in [0.1, 0.15) is 6.10 Å². The molecule has 0 aliphatic heterocycles. The number of aliphatic hydroxyl groups excluding tert-OH is 2. The van der Waals surface area contributed by atoms with Crippen LogP contribution in [-0.2, 0) is 4.74 Å². The zero-order valence-corrected chi connectivity index (χ0v) is 22.1. The second-order valence-electron chi connectivity index (χ2n) is 11.8. The van der Waals surface area contributed by atoms with E-state index < -0.39 is 17.7 Å². The van der Waals surface area contributed by atoms with Crippen molar-refractivity contribution in [3.8, 4) is 11.8 Å². The van der Waals surface area contributed by atoms with Gasteiger partial charge in [-0.25, -0.2) is 0 Å². The maximum Gasteiger partial charge on any atom is 0.121 e. The first-order valence-corrected chi connectivity index (χ1v) is 13.3. The largest absolute Gasteiger partial charge is 0.393 e. The molecule has 3 aliphatic carbocycles. The fraction of sp³-hybridized carbons (Fsp3) is 0.733. The summed E-state index contributed by atoms with van der Waals surface area (Å²) in [6.45, 7) is 15.6. The molecule has 3 aliphatic rings. The van der Waals surface area contributed by atoms with E-state index >= 15 is 0 Å². The first kappa shape index (κ1) is 27.2. The Bertz CT molecular complexity index is 855. The first-order chi connectivity index (χ1) is 16.0. The van der Waals surface area contributed by atoms with Crippen LogP contribution in [0.4, 0.5) is 0 Å². The highest BCUT2D eigenvalue weighted by atomic mass is 16.5. The van der Waals surface area contributed by atoms with Crippen molar-refractivity contribution in [1.82, 2.24) is 0 Å². The Morgan fingerprint density at radius 1 is 1.29 bits per heavy atom. The standard InChI is InChI=1S/C30H47NO3/c1-7-17-34-28(14-16-29(4,5)31)21(3)25-12-13-26-22(9-8-15-30(25,26)6)10-11-23-18-24(32)19-27(33)20(23)2/h10-11,21,24-28,32-33H,2,7-9,12-13,15,17-19,31H2,1,3-6H3/b22-10?,23-11-/t21-,24-,25+,26-,27+,28?,30+/m0/s1. The number of hydrogen-bond donors (Lipinski definition) is 3. The quantitative estimate of drug-likeness (QED) is 0.462. The molecule has 34 heavy (non-hydrogen) atoms. The average Bonchev–Trinajstić information content (AvgIpc) is 3.11. The SMILES string of the molecule is C=C1/C(=C\C=C2CCC[C@]3(C)[C@@H]([C@H](C)C(C#CC(C)(C)N)OCCC)CC[C@@H]23)C[C@H](O)C[C@H]1O. The van der Waals surface area contributed by atoms with Crippen LogP contribution < -0.4 is 5.73 Å². The molecule has 3 saturated carbocycles. The molecule has 0 radical (unpaired) electrons. The minimum atomic E-state index is -0.638. The molecule has 4 heteroatoms.